The molecule has 0 atom stereocenters. The molecular weight excluding hydrogens is 257 g/mol. The molecule has 0 amide bonds. The molecule has 1 N–H and O–H groups in total. The standard InChI is InChI=1S/C10H11F3O3S/c11-10(12,13)5-2-6-17(15,16)9-4-1-3-8(14)7-9/h1,3-4,7,14H,2,5-6H2. The first-order valence-corrected chi connectivity index (χ1v) is 6.44. The molecule has 0 fully saturated rings. The Morgan fingerprint density at radius 2 is 1.88 bits per heavy atom. The Labute approximate surface area is 96.8 Å². The van der Waals surface area contributed by atoms with Gasteiger partial charge in [0, 0.05) is 6.42 Å². The van der Waals surface area contributed by atoms with Crippen LogP contribution in [0.5, 0.6) is 5.75 Å². The Balaban J connectivity index is 2.70. The maximum atomic E-state index is 11.9. The smallest absolute Gasteiger partial charge is 0.389 e. The second-order valence-corrected chi connectivity index (χ2v) is 5.64. The lowest BCUT2D eigenvalue weighted by Gasteiger charge is -2.07. The lowest BCUT2D eigenvalue weighted by atomic mass is 10.3. The predicted octanol–water partition coefficient (Wildman–Crippen LogP) is 2.51. The molecule has 0 spiro atoms. The Kier molecular flexibility index (Phi) is 4.03. The molecule has 0 saturated carbocycles. The second kappa shape index (κ2) is 4.95. The molecular formula is C10H11F3O3S. The average molecular weight is 268 g/mol. The molecule has 0 bridgehead atoms. The van der Waals surface area contributed by atoms with E-state index in [1.54, 1.807) is 0 Å². The van der Waals surface area contributed by atoms with E-state index < -0.39 is 34.6 Å². The monoisotopic (exact) mass is 268 g/mol. The number of hydrogen-bond donors (Lipinski definition) is 1. The minimum atomic E-state index is -4.35. The molecule has 3 nitrogen and oxygen atoms in total. The van der Waals surface area contributed by atoms with Crippen molar-refractivity contribution in [3.8, 4) is 5.75 Å². The van der Waals surface area contributed by atoms with Gasteiger partial charge in [0.15, 0.2) is 9.84 Å². The summed E-state index contributed by atoms with van der Waals surface area (Å²) >= 11 is 0. The van der Waals surface area contributed by atoms with Gasteiger partial charge in [0.25, 0.3) is 0 Å². The van der Waals surface area contributed by atoms with Crippen LogP contribution in [-0.4, -0.2) is 25.5 Å². The molecule has 0 saturated heterocycles. The van der Waals surface area contributed by atoms with Crippen molar-refractivity contribution in [1.29, 1.82) is 0 Å². The van der Waals surface area contributed by atoms with Gasteiger partial charge in [-0.05, 0) is 24.6 Å². The van der Waals surface area contributed by atoms with Crippen molar-refractivity contribution in [3.63, 3.8) is 0 Å². The molecule has 17 heavy (non-hydrogen) atoms. The summed E-state index contributed by atoms with van der Waals surface area (Å²) in [5, 5.41) is 9.09. The number of phenols is 1. The van der Waals surface area contributed by atoms with Gasteiger partial charge in [-0.25, -0.2) is 8.42 Å². The van der Waals surface area contributed by atoms with Gasteiger partial charge in [0.1, 0.15) is 5.75 Å². The van der Waals surface area contributed by atoms with E-state index in [4.69, 9.17) is 5.11 Å². The van der Waals surface area contributed by atoms with Crippen molar-refractivity contribution >= 4 is 9.84 Å². The lowest BCUT2D eigenvalue weighted by Crippen LogP contribution is -2.12. The molecule has 0 unspecified atom stereocenters. The third-order valence-electron chi connectivity index (χ3n) is 2.05. The van der Waals surface area contributed by atoms with Gasteiger partial charge in [0.2, 0.25) is 0 Å². The summed E-state index contributed by atoms with van der Waals surface area (Å²) in [6.45, 7) is 0. The number of rotatable bonds is 4. The first-order chi connectivity index (χ1) is 7.71. The molecule has 0 aliphatic rings. The number of phenolic OH excluding ortho intramolecular Hbond substituents is 1. The predicted molar refractivity (Wildman–Crippen MR) is 55.4 cm³/mol. The first kappa shape index (κ1) is 13.8. The summed E-state index contributed by atoms with van der Waals surface area (Å²) in [5.74, 6) is -0.822. The zero-order valence-electron chi connectivity index (χ0n) is 8.74. The third kappa shape index (κ3) is 4.64. The van der Waals surface area contributed by atoms with Crippen LogP contribution in [0.15, 0.2) is 29.2 Å². The molecule has 1 rings (SSSR count). The van der Waals surface area contributed by atoms with Crippen LogP contribution in [0.25, 0.3) is 0 Å². The highest BCUT2D eigenvalue weighted by Gasteiger charge is 2.27. The molecule has 7 heteroatoms. The molecule has 96 valence electrons. The van der Waals surface area contributed by atoms with Gasteiger partial charge >= 0.3 is 6.18 Å². The fraction of sp³-hybridized carbons (Fsp3) is 0.400. The van der Waals surface area contributed by atoms with Crippen LogP contribution in [0.3, 0.4) is 0 Å². The summed E-state index contributed by atoms with van der Waals surface area (Å²) in [7, 11) is -3.77. The van der Waals surface area contributed by atoms with Crippen molar-refractivity contribution < 1.29 is 26.7 Å². The normalized spacial score (nSPS) is 12.6. The van der Waals surface area contributed by atoms with Crippen LogP contribution in [0.2, 0.25) is 0 Å². The van der Waals surface area contributed by atoms with E-state index in [1.165, 1.54) is 18.2 Å². The zero-order valence-corrected chi connectivity index (χ0v) is 9.55. The second-order valence-electron chi connectivity index (χ2n) is 3.53. The molecule has 0 aliphatic carbocycles. The first-order valence-electron chi connectivity index (χ1n) is 4.79. The highest BCUT2D eigenvalue weighted by molar-refractivity contribution is 7.91. The average Bonchev–Trinajstić information content (AvgIpc) is 2.15. The van der Waals surface area contributed by atoms with E-state index in [1.807, 2.05) is 0 Å². The van der Waals surface area contributed by atoms with Gasteiger partial charge in [-0.1, -0.05) is 6.07 Å². The molecule has 1 aromatic rings. The maximum Gasteiger partial charge on any atom is 0.389 e. The highest BCUT2D eigenvalue weighted by atomic mass is 32.2. The quantitative estimate of drug-likeness (QED) is 0.912. The minimum absolute atomic E-state index is 0.167. The van der Waals surface area contributed by atoms with E-state index in [0.717, 1.165) is 6.07 Å². The Morgan fingerprint density at radius 1 is 1.24 bits per heavy atom. The van der Waals surface area contributed by atoms with Crippen molar-refractivity contribution in [3.05, 3.63) is 24.3 Å². The topological polar surface area (TPSA) is 54.4 Å². The zero-order chi connectivity index (χ0) is 13.1. The van der Waals surface area contributed by atoms with Gasteiger partial charge < -0.3 is 5.11 Å². The molecule has 0 heterocycles. The fourth-order valence-electron chi connectivity index (χ4n) is 1.26. The van der Waals surface area contributed by atoms with Crippen molar-refractivity contribution in [2.45, 2.75) is 23.9 Å². The van der Waals surface area contributed by atoms with Gasteiger partial charge in [0.05, 0.1) is 10.6 Å². The summed E-state index contributed by atoms with van der Waals surface area (Å²) in [6, 6.07) is 4.87. The van der Waals surface area contributed by atoms with Gasteiger partial charge in [-0.3, -0.25) is 0 Å². The molecule has 0 aromatic heterocycles. The number of alkyl halides is 3. The van der Waals surface area contributed by atoms with Gasteiger partial charge in [-0.2, -0.15) is 13.2 Å². The number of benzene rings is 1. The highest BCUT2D eigenvalue weighted by Crippen LogP contribution is 2.23. The van der Waals surface area contributed by atoms with Crippen LogP contribution in [-0.2, 0) is 9.84 Å². The maximum absolute atomic E-state index is 11.9. The Bertz CT molecular complexity index is 480. The number of sulfone groups is 1. The van der Waals surface area contributed by atoms with Crippen LogP contribution in [0.4, 0.5) is 13.2 Å². The summed E-state index contributed by atoms with van der Waals surface area (Å²) in [4.78, 5) is -0.167. The van der Waals surface area contributed by atoms with E-state index in [2.05, 4.69) is 0 Å². The van der Waals surface area contributed by atoms with Crippen LogP contribution < -0.4 is 0 Å². The van der Waals surface area contributed by atoms with E-state index in [-0.39, 0.29) is 10.6 Å². The molecule has 0 aliphatic heterocycles. The summed E-state index contributed by atoms with van der Waals surface area (Å²) in [6.07, 6.45) is -5.97. The number of aromatic hydroxyl groups is 1. The van der Waals surface area contributed by atoms with E-state index in [9.17, 15) is 21.6 Å². The van der Waals surface area contributed by atoms with Crippen LogP contribution in [0, 0.1) is 0 Å². The van der Waals surface area contributed by atoms with E-state index >= 15 is 0 Å². The summed E-state index contributed by atoms with van der Waals surface area (Å²) in [5.41, 5.74) is 0. The molecule has 0 radical (unpaired) electrons. The molecule has 1 aromatic carbocycles. The Morgan fingerprint density at radius 3 is 2.41 bits per heavy atom. The van der Waals surface area contributed by atoms with Crippen LogP contribution >= 0.6 is 0 Å². The minimum Gasteiger partial charge on any atom is -0.508 e. The van der Waals surface area contributed by atoms with Crippen molar-refractivity contribution in [1.82, 2.24) is 0 Å². The van der Waals surface area contributed by atoms with E-state index in [0.29, 0.717) is 0 Å². The van der Waals surface area contributed by atoms with Gasteiger partial charge in [-0.15, -0.1) is 0 Å². The number of halogens is 3. The fourth-order valence-corrected chi connectivity index (χ4v) is 2.60. The third-order valence-corrected chi connectivity index (χ3v) is 3.85. The Hall–Kier alpha value is -1.24. The number of hydrogen-bond acceptors (Lipinski definition) is 3. The van der Waals surface area contributed by atoms with Crippen LogP contribution in [0.1, 0.15) is 12.8 Å². The SMILES string of the molecule is O=S(=O)(CCCC(F)(F)F)c1cccc(O)c1. The van der Waals surface area contributed by atoms with Crippen molar-refractivity contribution in [2.24, 2.45) is 0 Å². The largest absolute Gasteiger partial charge is 0.508 e. The lowest BCUT2D eigenvalue weighted by molar-refractivity contribution is -0.134. The van der Waals surface area contributed by atoms with Crippen molar-refractivity contribution in [2.75, 3.05) is 5.75 Å². The summed E-state index contributed by atoms with van der Waals surface area (Å²) < 4.78 is 58.8.